The van der Waals surface area contributed by atoms with Crippen molar-refractivity contribution in [1.82, 2.24) is 14.9 Å². The zero-order valence-corrected chi connectivity index (χ0v) is 16.1. The van der Waals surface area contributed by atoms with Crippen molar-refractivity contribution in [3.05, 3.63) is 33.4 Å². The van der Waals surface area contributed by atoms with Gasteiger partial charge in [-0.3, -0.25) is 14.2 Å². The third-order valence-corrected chi connectivity index (χ3v) is 6.47. The highest BCUT2D eigenvalue weighted by Crippen LogP contribution is 2.34. The van der Waals surface area contributed by atoms with E-state index in [9.17, 15) is 9.59 Å². The number of nitrogens with zero attached hydrogens (tertiary/aromatic N) is 2. The second kappa shape index (κ2) is 8.19. The molecule has 2 heterocycles. The van der Waals surface area contributed by atoms with Crippen LogP contribution in [0.2, 0.25) is 0 Å². The van der Waals surface area contributed by atoms with Crippen LogP contribution in [0.15, 0.2) is 22.6 Å². The Labute approximate surface area is 155 Å². The summed E-state index contributed by atoms with van der Waals surface area (Å²) in [5.74, 6) is 0.211. The van der Waals surface area contributed by atoms with Gasteiger partial charge in [-0.25, -0.2) is 4.98 Å². The van der Waals surface area contributed by atoms with Crippen molar-refractivity contribution in [2.24, 2.45) is 0 Å². The van der Waals surface area contributed by atoms with Crippen LogP contribution in [0, 0.1) is 0 Å². The van der Waals surface area contributed by atoms with E-state index < -0.39 is 0 Å². The van der Waals surface area contributed by atoms with E-state index in [1.54, 1.807) is 22.0 Å². The van der Waals surface area contributed by atoms with Crippen molar-refractivity contribution in [1.29, 1.82) is 0 Å². The highest BCUT2D eigenvalue weighted by Gasteiger charge is 2.21. The zero-order chi connectivity index (χ0) is 17.8. The van der Waals surface area contributed by atoms with Crippen LogP contribution in [-0.4, -0.2) is 27.8 Å². The molecule has 1 N–H and O–H groups in total. The van der Waals surface area contributed by atoms with Gasteiger partial charge < -0.3 is 5.32 Å². The zero-order valence-electron chi connectivity index (χ0n) is 14.5. The van der Waals surface area contributed by atoms with E-state index in [1.165, 1.54) is 35.0 Å². The molecule has 0 radical (unpaired) electrons. The highest BCUT2D eigenvalue weighted by molar-refractivity contribution is 7.99. The Balaban J connectivity index is 2.05. The molecule has 0 saturated carbocycles. The van der Waals surface area contributed by atoms with E-state index in [1.807, 2.05) is 6.92 Å². The highest BCUT2D eigenvalue weighted by atomic mass is 32.2. The Hall–Kier alpha value is -1.60. The average molecular weight is 378 g/mol. The van der Waals surface area contributed by atoms with Gasteiger partial charge in [-0.05, 0) is 38.2 Å². The van der Waals surface area contributed by atoms with Gasteiger partial charge in [0.1, 0.15) is 4.83 Å². The largest absolute Gasteiger partial charge is 0.356 e. The molecule has 0 aromatic carbocycles. The van der Waals surface area contributed by atoms with Gasteiger partial charge in [-0.2, -0.15) is 0 Å². The lowest BCUT2D eigenvalue weighted by Crippen LogP contribution is -2.26. The first kappa shape index (κ1) is 18.2. The molecule has 2 aromatic rings. The van der Waals surface area contributed by atoms with Gasteiger partial charge in [0.25, 0.3) is 5.56 Å². The van der Waals surface area contributed by atoms with E-state index >= 15 is 0 Å². The minimum absolute atomic E-state index is 0.00250. The summed E-state index contributed by atoms with van der Waals surface area (Å²) in [7, 11) is 0. The smallest absolute Gasteiger partial charge is 0.263 e. The predicted octanol–water partition coefficient (Wildman–Crippen LogP) is 3.14. The van der Waals surface area contributed by atoms with Gasteiger partial charge in [0, 0.05) is 18.0 Å². The molecule has 2 aromatic heterocycles. The summed E-state index contributed by atoms with van der Waals surface area (Å²) in [5.41, 5.74) is 1.20. The molecule has 1 aliphatic carbocycles. The first-order valence-electron chi connectivity index (χ1n) is 8.71. The summed E-state index contributed by atoms with van der Waals surface area (Å²) in [6, 6.07) is 0. The number of hydrogen-bond donors (Lipinski definition) is 1. The van der Waals surface area contributed by atoms with E-state index in [2.05, 4.69) is 11.9 Å². The Kier molecular flexibility index (Phi) is 5.96. The first-order chi connectivity index (χ1) is 12.2. The molecule has 1 aliphatic rings. The maximum atomic E-state index is 13.1. The Morgan fingerprint density at radius 1 is 1.40 bits per heavy atom. The van der Waals surface area contributed by atoms with Gasteiger partial charge >= 0.3 is 0 Å². The van der Waals surface area contributed by atoms with Crippen LogP contribution in [0.3, 0.4) is 0 Å². The lowest BCUT2D eigenvalue weighted by atomic mass is 10.1. The molecule has 5 nitrogen and oxygen atoms in total. The van der Waals surface area contributed by atoms with Crippen LogP contribution in [0.4, 0.5) is 0 Å². The van der Waals surface area contributed by atoms with Crippen molar-refractivity contribution in [2.75, 3.05) is 12.3 Å². The topological polar surface area (TPSA) is 64.0 Å². The maximum Gasteiger partial charge on any atom is 0.263 e. The van der Waals surface area contributed by atoms with E-state index in [0.717, 1.165) is 29.5 Å². The Morgan fingerprint density at radius 2 is 2.20 bits per heavy atom. The van der Waals surface area contributed by atoms with Crippen molar-refractivity contribution in [3.63, 3.8) is 0 Å². The monoisotopic (exact) mass is 377 g/mol. The number of rotatable bonds is 6. The number of amides is 1. The average Bonchev–Trinajstić information content (AvgIpc) is 2.77. The number of aryl methyl sites for hydroxylation is 2. The quantitative estimate of drug-likeness (QED) is 0.364. The molecule has 0 bridgehead atoms. The minimum Gasteiger partial charge on any atom is -0.356 e. The van der Waals surface area contributed by atoms with Gasteiger partial charge in [0.05, 0.1) is 11.1 Å². The van der Waals surface area contributed by atoms with Crippen LogP contribution in [-0.2, 0) is 24.2 Å². The lowest BCUT2D eigenvalue weighted by Gasteiger charge is -2.10. The summed E-state index contributed by atoms with van der Waals surface area (Å²) >= 11 is 2.96. The first-order valence-corrected chi connectivity index (χ1v) is 10.5. The maximum absolute atomic E-state index is 13.1. The number of carbonyl (C=O) groups excluding carboxylic acids is 1. The summed E-state index contributed by atoms with van der Waals surface area (Å²) in [5, 5.41) is 4.15. The number of thioether (sulfide) groups is 1. The molecular weight excluding hydrogens is 354 g/mol. The number of allylic oxidation sites excluding steroid dienone is 1. The summed E-state index contributed by atoms with van der Waals surface area (Å²) in [6.07, 6.45) is 7.24. The molecule has 0 spiro atoms. The number of nitrogens with one attached hydrogen (secondary N) is 1. The minimum atomic E-state index is -0.0473. The molecular formula is C18H23N3O2S2. The van der Waals surface area contributed by atoms with Crippen molar-refractivity contribution >= 4 is 39.2 Å². The second-order valence-electron chi connectivity index (χ2n) is 6.09. The van der Waals surface area contributed by atoms with Crippen molar-refractivity contribution in [2.45, 2.75) is 50.7 Å². The van der Waals surface area contributed by atoms with Gasteiger partial charge in [0.2, 0.25) is 5.91 Å². The van der Waals surface area contributed by atoms with E-state index in [4.69, 9.17) is 4.98 Å². The third-order valence-electron chi connectivity index (χ3n) is 4.31. The second-order valence-corrected chi connectivity index (χ2v) is 8.11. The molecule has 0 saturated heterocycles. The fourth-order valence-corrected chi connectivity index (χ4v) is 5.32. The van der Waals surface area contributed by atoms with Crippen LogP contribution in [0.5, 0.6) is 0 Å². The van der Waals surface area contributed by atoms with Crippen LogP contribution < -0.4 is 10.9 Å². The SMILES string of the molecule is C=CCn1c(SCC(=O)NCC)nc2sc3c(c2c1=O)CCCCC3. The van der Waals surface area contributed by atoms with E-state index in [0.29, 0.717) is 18.2 Å². The van der Waals surface area contributed by atoms with Gasteiger partial charge in [-0.1, -0.05) is 24.3 Å². The molecule has 0 aliphatic heterocycles. The number of carbonyl (C=O) groups is 1. The summed E-state index contributed by atoms with van der Waals surface area (Å²) < 4.78 is 1.65. The fourth-order valence-electron chi connectivity index (χ4n) is 3.18. The molecule has 134 valence electrons. The standard InChI is InChI=1S/C18H23N3O2S2/c1-3-10-21-17(23)15-12-8-6-5-7-9-13(12)25-16(15)20-18(21)24-11-14(22)19-4-2/h3H,1,4-11H2,2H3,(H,19,22). The molecule has 0 atom stereocenters. The van der Waals surface area contributed by atoms with Crippen LogP contribution in [0.1, 0.15) is 36.6 Å². The number of hydrogen-bond acceptors (Lipinski definition) is 5. The number of thiophene rings is 1. The fraction of sp³-hybridized carbons (Fsp3) is 0.500. The normalized spacial score (nSPS) is 14.1. The van der Waals surface area contributed by atoms with Crippen LogP contribution in [0.25, 0.3) is 10.2 Å². The molecule has 3 rings (SSSR count). The van der Waals surface area contributed by atoms with Gasteiger partial charge in [0.15, 0.2) is 5.16 Å². The Morgan fingerprint density at radius 3 is 2.96 bits per heavy atom. The van der Waals surface area contributed by atoms with E-state index in [-0.39, 0.29) is 17.2 Å². The lowest BCUT2D eigenvalue weighted by molar-refractivity contribution is -0.118. The van der Waals surface area contributed by atoms with Crippen LogP contribution >= 0.6 is 23.1 Å². The predicted molar refractivity (Wildman–Crippen MR) is 105 cm³/mol. The number of fused-ring (bicyclic) bond motifs is 3. The molecule has 0 unspecified atom stereocenters. The molecule has 25 heavy (non-hydrogen) atoms. The third kappa shape index (κ3) is 3.82. The van der Waals surface area contributed by atoms with Crippen molar-refractivity contribution in [3.8, 4) is 0 Å². The van der Waals surface area contributed by atoms with Crippen molar-refractivity contribution < 1.29 is 4.79 Å². The summed E-state index contributed by atoms with van der Waals surface area (Å²) in [4.78, 5) is 31.8. The molecule has 0 fully saturated rings. The number of aromatic nitrogens is 2. The van der Waals surface area contributed by atoms with Gasteiger partial charge in [-0.15, -0.1) is 17.9 Å². The molecule has 7 heteroatoms. The Bertz CT molecular complexity index is 854. The summed E-state index contributed by atoms with van der Waals surface area (Å²) in [6.45, 7) is 6.65. The molecule has 1 amide bonds.